The van der Waals surface area contributed by atoms with Crippen molar-refractivity contribution < 1.29 is 166 Å². The van der Waals surface area contributed by atoms with E-state index in [4.69, 9.17) is 113 Å². The normalized spacial score (nSPS) is 33.0. The van der Waals surface area contributed by atoms with Gasteiger partial charge >= 0.3 is 85.7 Å². The Labute approximate surface area is 840 Å². The van der Waals surface area contributed by atoms with Gasteiger partial charge in [0.2, 0.25) is 8.32 Å². The van der Waals surface area contributed by atoms with Crippen LogP contribution in [-0.2, 0) is 187 Å². The summed E-state index contributed by atoms with van der Waals surface area (Å²) >= 11 is 0. The molecule has 756 valence electrons. The van der Waals surface area contributed by atoms with Gasteiger partial charge in [0.05, 0.1) is 125 Å². The molecule has 0 saturated carbocycles. The maximum Gasteiger partial charge on any atom is 0 e. The van der Waals surface area contributed by atoms with Crippen molar-refractivity contribution >= 4 is 37.0 Å². The molecule has 0 bridgehead atoms. The predicted molar refractivity (Wildman–Crippen MR) is 495 cm³/mol. The van der Waals surface area contributed by atoms with E-state index in [9.17, 15) is 19.5 Å². The first-order chi connectivity index (χ1) is 66.1. The summed E-state index contributed by atoms with van der Waals surface area (Å²) in [4.78, 5) is 39.3. The molecule has 8 fully saturated rings. The summed E-state index contributed by atoms with van der Waals surface area (Å²) in [6, 6.07) is 44.9. The number of aliphatic hydroxyl groups is 1. The van der Waals surface area contributed by atoms with Gasteiger partial charge in [0.15, 0.2) is 5.79 Å². The quantitative estimate of drug-likeness (QED) is 0.00883. The van der Waals surface area contributed by atoms with Crippen LogP contribution >= 0.6 is 0 Å². The van der Waals surface area contributed by atoms with Crippen molar-refractivity contribution in [2.24, 2.45) is 23.7 Å². The molecule has 0 amide bonds. The van der Waals surface area contributed by atoms with Gasteiger partial charge in [0.1, 0.15) is 66.6 Å². The Hall–Kier alpha value is -7.24. The van der Waals surface area contributed by atoms with Crippen LogP contribution in [0.5, 0.6) is 0 Å². The number of ether oxygens (including phenoxy) is 17. The van der Waals surface area contributed by atoms with E-state index >= 15 is 0 Å². The van der Waals surface area contributed by atoms with Gasteiger partial charge in [-0.05, 0) is 107 Å². The van der Waals surface area contributed by atoms with Gasteiger partial charge in [-0.25, -0.2) is 0 Å². The average Bonchev–Trinajstić information content (AvgIpc) is 1.58. The zero-order valence-electron chi connectivity index (χ0n) is 81.7. The van der Waals surface area contributed by atoms with Crippen LogP contribution < -0.4 is 0 Å². The molecule has 0 aromatic heterocycles. The summed E-state index contributed by atoms with van der Waals surface area (Å²) in [6.45, 7) is 59.4. The Bertz CT molecular complexity index is 4750. The third-order valence-corrected chi connectivity index (χ3v) is 34.5. The van der Waals surface area contributed by atoms with Gasteiger partial charge in [-0.1, -0.05) is 233 Å². The van der Waals surface area contributed by atoms with Gasteiger partial charge in [-0.3, -0.25) is 14.4 Å². The first-order valence-corrected chi connectivity index (χ1v) is 49.5. The Kier molecular flexibility index (Phi) is 49.1. The fraction of sp³-hybridized carbons (Fsp3) is 0.583. The maximum absolute atomic E-state index is 13.6. The first-order valence-electron chi connectivity index (χ1n) is 47.4. The van der Waals surface area contributed by atoms with Crippen LogP contribution in [0.15, 0.2) is 170 Å². The predicted octanol–water partition coefficient (Wildman–Crippen LogP) is 16.5. The number of carbonyl (C=O) groups is 3. The fourth-order valence-corrected chi connectivity index (χ4v) is 27.6. The van der Waals surface area contributed by atoms with Gasteiger partial charge in [0, 0.05) is 111 Å². The molecule has 31 atom stereocenters. The van der Waals surface area contributed by atoms with E-state index in [0.29, 0.717) is 58.3 Å². The second kappa shape index (κ2) is 57.5. The number of carbonyl (C=O) groups excluding carboxylic acids is 3. The number of rotatable bonds is 29. The van der Waals surface area contributed by atoms with Crippen LogP contribution in [0, 0.1) is 75.7 Å². The maximum atomic E-state index is 13.6. The first kappa shape index (κ1) is 119. The summed E-state index contributed by atoms with van der Waals surface area (Å²) in [5.74, 6) is -2.79. The van der Waals surface area contributed by atoms with E-state index in [1.165, 1.54) is 26.2 Å². The minimum Gasteiger partial charge on any atom is 0 e. The van der Waals surface area contributed by atoms with E-state index in [-0.39, 0.29) is 131 Å². The average molecular weight is 2030 g/mol. The van der Waals surface area contributed by atoms with E-state index in [2.05, 4.69) is 189 Å². The van der Waals surface area contributed by atoms with Gasteiger partial charge in [0.25, 0.3) is 0 Å². The van der Waals surface area contributed by atoms with Crippen molar-refractivity contribution in [3.8, 4) is 0 Å². The number of hydrogen-bond donors (Lipinski definition) is 1. The number of aliphatic hydroxyl groups excluding tert-OH is 1. The summed E-state index contributed by atoms with van der Waals surface area (Å²) in [5, 5.41) is 14.1. The molecule has 1 spiro atoms. The molecule has 28 nitrogen and oxygen atoms in total. The Morgan fingerprint density at radius 3 is 1.65 bits per heavy atom. The van der Waals surface area contributed by atoms with Gasteiger partial charge in [-0.15, -0.1) is 0 Å². The van der Waals surface area contributed by atoms with Crippen molar-refractivity contribution in [1.29, 1.82) is 0 Å². The Morgan fingerprint density at radius 2 is 1.04 bits per heavy atom. The molecule has 10 heterocycles. The fourth-order valence-electron chi connectivity index (χ4n) is 22.0. The monoisotopic (exact) mass is 2020 g/mol. The SMILES string of the molecule is CC(=O)OC([C]=[C]/C=C\C[C@H]1O[C@H]2C=C[C@H]3O[C@H]4[C@H](OCc5ccccc5)[C@@H](OCc5ccccc5)[C@H](C[C@H](C)OCc5ccc6ccccc6c5)O[C@@H]4C[C@@H]3O[C@@H]2C=C[C@@H]1O)C[C@@H](OCc1ccccc1)[C@]1(C)O[C@@H]2C[C@H](C)C[C@@H]3O[C@@H]4[C@@H](C)[C@H](O[Si](C(C)C)(C(C)C)C(C)C)[C@@H]5O[C@]6(C[C@H](OC(C)=O)CO6)[C@@H](C)[C@H](C)[C@H]5O[C@H]4C[C@H]3O[C@H]2C[C@H]1OC(C)=O.[C-]#[O+].[C-]#[O+].[C-]#[O+].[C-]#[O+].[C-]#[O+].[C-]#[O+].[Co].[Co]. The summed E-state index contributed by atoms with van der Waals surface area (Å²) in [5.41, 5.74) is 3.53. The third-order valence-electron chi connectivity index (χ3n) is 28.4. The Balaban J connectivity index is 0.00000181. The molecular formula is C108H134Co2O28Si. The van der Waals surface area contributed by atoms with Gasteiger partial charge < -0.3 is 90.1 Å². The van der Waals surface area contributed by atoms with Crippen molar-refractivity contribution in [3.05, 3.63) is 244 Å². The molecule has 1 unspecified atom stereocenters. The number of benzene rings is 5. The van der Waals surface area contributed by atoms with E-state index in [1.54, 1.807) is 12.2 Å². The molecule has 10 aliphatic heterocycles. The van der Waals surface area contributed by atoms with Crippen molar-refractivity contribution in [2.75, 3.05) is 6.61 Å². The van der Waals surface area contributed by atoms with Gasteiger partial charge in [-0.2, -0.15) is 0 Å². The van der Waals surface area contributed by atoms with Crippen molar-refractivity contribution in [2.45, 2.75) is 369 Å². The number of hydrogen-bond acceptors (Lipinski definition) is 22. The molecule has 5 aromatic rings. The molecular weight excluding hydrogens is 1890 g/mol. The molecule has 5 aromatic carbocycles. The second-order valence-corrected chi connectivity index (χ2v) is 43.6. The molecule has 8 saturated heterocycles. The number of fused-ring (bicyclic) bond motifs is 8. The number of esters is 3. The van der Waals surface area contributed by atoms with Crippen LogP contribution in [-0.4, -0.2) is 202 Å². The van der Waals surface area contributed by atoms with Crippen LogP contribution in [0.3, 0.4) is 0 Å². The summed E-state index contributed by atoms with van der Waals surface area (Å²) in [6.07, 6.45) is 7.34. The van der Waals surface area contributed by atoms with Crippen LogP contribution in [0.4, 0.5) is 0 Å². The molecule has 4 radical (unpaired) electrons. The molecule has 139 heavy (non-hydrogen) atoms. The van der Waals surface area contributed by atoms with Crippen LogP contribution in [0.2, 0.25) is 16.6 Å². The molecule has 1 N–H and O–H groups in total. The summed E-state index contributed by atoms with van der Waals surface area (Å²) < 4.78 is 172. The third kappa shape index (κ3) is 30.0. The van der Waals surface area contributed by atoms with E-state index in [1.807, 2.05) is 104 Å². The zero-order chi connectivity index (χ0) is 100. The zero-order valence-corrected chi connectivity index (χ0v) is 84.8. The minimum atomic E-state index is -2.60. The second-order valence-electron chi connectivity index (χ2n) is 38.2. The summed E-state index contributed by atoms with van der Waals surface area (Å²) in [7, 11) is -2.60. The van der Waals surface area contributed by atoms with Crippen molar-refractivity contribution in [1.82, 2.24) is 0 Å². The smallest absolute Gasteiger partial charge is 0 e. The molecule has 10 aliphatic rings. The number of allylic oxidation sites excluding steroid dienone is 2. The van der Waals surface area contributed by atoms with Crippen LogP contribution in [0.25, 0.3) is 10.8 Å². The Morgan fingerprint density at radius 1 is 0.504 bits per heavy atom. The molecule has 0 aliphatic carbocycles. The van der Waals surface area contributed by atoms with Crippen molar-refractivity contribution in [3.63, 3.8) is 0 Å². The minimum absolute atomic E-state index is 0. The van der Waals surface area contributed by atoms with E-state index < -0.39 is 166 Å². The molecule has 15 rings (SSSR count). The molecule has 31 heteroatoms. The standard InChI is InChI=1S/C102H134O22Si.6CO.2Co/c1-60(2)125(61(3)4,62(5)6)124-96-66(10)94-90(121-95-65(9)67(11)102(123-100(95)96)54-78(59-111-102)113-69(13)104)52-86-84(120-94)46-63(7)47-88-87(117-86)53-93(114-70(14)105)101(15,122-88)92(108-55-71-30-20-16-21-31-71)50-77(112-68(12)103)38-26-19-27-39-80-79(106)42-43-81-82(115-80)44-45-83-85(116-81)51-91-98(119-83)99(110-57-73-34-24-18-25-35-73)97(109-56-72-32-22-17-23-33-72)89(118-91)48-64(8)107-58-74-40-41-75-36-28-29-37-76(75)49-74;6*1-2;;/h16-25,27-37,40-45,49,60-67,77-100,106H,39,46-48,50-59H2,1-15H3;;;;;;;;/b27-19-,38-26?;;;;;;;;/t63-,64+,65+,66-,67+,77?,78+,79+,80-,81-,82+,83-,84+,85+,86-,87+,88-,89+,90+,91-,92-,93-,94-,95-,96+,97+,98-,99-,100-,101+,102-;;;;;;;;/m1......../s1. The van der Waals surface area contributed by atoms with E-state index in [0.717, 1.165) is 27.6 Å². The largest absolute Gasteiger partial charge is 0 e. The topological polar surface area (TPSA) is 357 Å². The van der Waals surface area contributed by atoms with Crippen LogP contribution in [0.1, 0.15) is 184 Å².